The molecule has 0 saturated heterocycles. The Morgan fingerprint density at radius 1 is 1.33 bits per heavy atom. The standard InChI is InChI=1S/C14H17N5O2/c20-10-7-4-8-15-11(10)13(21)17-14-16-12(18-19-14)9-5-2-1-3-6-9/h4,7-9,20H,1-3,5-6H2,(H2,16,17,18,19,21). The van der Waals surface area contributed by atoms with E-state index in [0.717, 1.165) is 18.7 Å². The Bertz CT molecular complexity index is 634. The van der Waals surface area contributed by atoms with Crippen LogP contribution >= 0.6 is 0 Å². The van der Waals surface area contributed by atoms with Gasteiger partial charge >= 0.3 is 0 Å². The Balaban J connectivity index is 1.69. The van der Waals surface area contributed by atoms with E-state index in [0.29, 0.717) is 5.92 Å². The fourth-order valence-electron chi connectivity index (χ4n) is 2.62. The largest absolute Gasteiger partial charge is 0.505 e. The minimum atomic E-state index is -0.526. The normalized spacial score (nSPS) is 15.8. The molecule has 0 aromatic carbocycles. The Morgan fingerprint density at radius 2 is 2.14 bits per heavy atom. The van der Waals surface area contributed by atoms with Gasteiger partial charge in [-0.15, -0.1) is 5.10 Å². The number of nitrogens with one attached hydrogen (secondary N) is 2. The second-order valence-corrected chi connectivity index (χ2v) is 5.20. The number of aromatic amines is 1. The zero-order chi connectivity index (χ0) is 14.7. The number of nitrogens with zero attached hydrogens (tertiary/aromatic N) is 3. The van der Waals surface area contributed by atoms with Crippen LogP contribution in [0.15, 0.2) is 18.3 Å². The molecular formula is C14H17N5O2. The van der Waals surface area contributed by atoms with E-state index < -0.39 is 5.91 Å². The van der Waals surface area contributed by atoms with E-state index >= 15 is 0 Å². The van der Waals surface area contributed by atoms with Gasteiger partial charge in [-0.25, -0.2) is 4.98 Å². The molecule has 2 aromatic heterocycles. The minimum absolute atomic E-state index is 0.0403. The second-order valence-electron chi connectivity index (χ2n) is 5.20. The van der Waals surface area contributed by atoms with Gasteiger partial charge in [-0.2, -0.15) is 4.98 Å². The highest BCUT2D eigenvalue weighted by atomic mass is 16.3. The summed E-state index contributed by atoms with van der Waals surface area (Å²) in [6.45, 7) is 0. The maximum atomic E-state index is 12.0. The van der Waals surface area contributed by atoms with Gasteiger partial charge in [0.05, 0.1) is 0 Å². The van der Waals surface area contributed by atoms with E-state index in [2.05, 4.69) is 25.5 Å². The number of amides is 1. The molecule has 1 aliphatic carbocycles. The molecule has 2 heterocycles. The predicted octanol–water partition coefficient (Wildman–Crippen LogP) is 2.21. The fourth-order valence-corrected chi connectivity index (χ4v) is 2.62. The van der Waals surface area contributed by atoms with Crippen molar-refractivity contribution in [3.8, 4) is 5.75 Å². The van der Waals surface area contributed by atoms with Crippen LogP contribution in [0.3, 0.4) is 0 Å². The summed E-state index contributed by atoms with van der Waals surface area (Å²) in [6.07, 6.45) is 7.32. The van der Waals surface area contributed by atoms with Crippen molar-refractivity contribution >= 4 is 11.9 Å². The molecule has 3 N–H and O–H groups in total. The van der Waals surface area contributed by atoms with Gasteiger partial charge < -0.3 is 5.11 Å². The van der Waals surface area contributed by atoms with E-state index in [4.69, 9.17) is 0 Å². The summed E-state index contributed by atoms with van der Waals surface area (Å²) < 4.78 is 0. The predicted molar refractivity (Wildman–Crippen MR) is 76.1 cm³/mol. The topological polar surface area (TPSA) is 104 Å². The molecule has 110 valence electrons. The number of carbonyl (C=O) groups excluding carboxylic acids is 1. The van der Waals surface area contributed by atoms with Gasteiger partial charge in [0, 0.05) is 12.1 Å². The number of hydrogen-bond donors (Lipinski definition) is 3. The molecule has 1 aliphatic rings. The molecule has 0 atom stereocenters. The number of hydrogen-bond acceptors (Lipinski definition) is 5. The molecule has 3 rings (SSSR count). The first kappa shape index (κ1) is 13.5. The molecule has 0 aliphatic heterocycles. The number of anilines is 1. The summed E-state index contributed by atoms with van der Waals surface area (Å²) in [5.41, 5.74) is -0.0403. The number of aromatic hydroxyl groups is 1. The molecule has 2 aromatic rings. The molecule has 1 saturated carbocycles. The van der Waals surface area contributed by atoms with Gasteiger partial charge in [-0.05, 0) is 25.0 Å². The maximum absolute atomic E-state index is 12.0. The Hall–Kier alpha value is -2.44. The van der Waals surface area contributed by atoms with E-state index in [1.807, 2.05) is 0 Å². The van der Waals surface area contributed by atoms with Crippen LogP contribution in [0.2, 0.25) is 0 Å². The summed E-state index contributed by atoms with van der Waals surface area (Å²) in [5.74, 6) is 0.723. The lowest BCUT2D eigenvalue weighted by molar-refractivity contribution is 0.101. The highest BCUT2D eigenvalue weighted by Crippen LogP contribution is 2.30. The minimum Gasteiger partial charge on any atom is -0.505 e. The summed E-state index contributed by atoms with van der Waals surface area (Å²) in [7, 11) is 0. The third-order valence-corrected chi connectivity index (χ3v) is 3.72. The molecule has 0 spiro atoms. The maximum Gasteiger partial charge on any atom is 0.280 e. The molecule has 0 radical (unpaired) electrons. The van der Waals surface area contributed by atoms with Gasteiger partial charge in [-0.3, -0.25) is 15.2 Å². The lowest BCUT2D eigenvalue weighted by Crippen LogP contribution is -2.15. The number of rotatable bonds is 3. The van der Waals surface area contributed by atoms with Crippen molar-refractivity contribution < 1.29 is 9.90 Å². The first-order valence-electron chi connectivity index (χ1n) is 7.11. The molecule has 1 amide bonds. The van der Waals surface area contributed by atoms with Crippen LogP contribution in [0.5, 0.6) is 5.75 Å². The van der Waals surface area contributed by atoms with Gasteiger partial charge in [0.15, 0.2) is 5.69 Å². The molecule has 21 heavy (non-hydrogen) atoms. The van der Waals surface area contributed by atoms with Gasteiger partial charge in [0.2, 0.25) is 5.95 Å². The van der Waals surface area contributed by atoms with Gasteiger partial charge in [0.1, 0.15) is 11.6 Å². The molecule has 0 unspecified atom stereocenters. The van der Waals surface area contributed by atoms with Crippen molar-refractivity contribution in [3.63, 3.8) is 0 Å². The van der Waals surface area contributed by atoms with Crippen molar-refractivity contribution in [2.45, 2.75) is 38.0 Å². The number of carbonyl (C=O) groups is 1. The zero-order valence-corrected chi connectivity index (χ0v) is 11.5. The Morgan fingerprint density at radius 3 is 2.90 bits per heavy atom. The van der Waals surface area contributed by atoms with Crippen LogP contribution in [0.25, 0.3) is 0 Å². The number of pyridine rings is 1. The van der Waals surface area contributed by atoms with Crippen molar-refractivity contribution in [3.05, 3.63) is 29.8 Å². The van der Waals surface area contributed by atoms with Crippen molar-refractivity contribution in [1.82, 2.24) is 20.2 Å². The highest BCUT2D eigenvalue weighted by Gasteiger charge is 2.20. The van der Waals surface area contributed by atoms with Gasteiger partial charge in [0.25, 0.3) is 5.91 Å². The molecule has 7 heteroatoms. The third-order valence-electron chi connectivity index (χ3n) is 3.72. The monoisotopic (exact) mass is 287 g/mol. The number of aromatic nitrogens is 4. The summed E-state index contributed by atoms with van der Waals surface area (Å²) >= 11 is 0. The SMILES string of the molecule is O=C(Nc1n[nH]c(C2CCCCC2)n1)c1ncccc1O. The third kappa shape index (κ3) is 3.01. The lowest BCUT2D eigenvalue weighted by Gasteiger charge is -2.18. The average molecular weight is 287 g/mol. The second kappa shape index (κ2) is 5.90. The molecule has 0 bridgehead atoms. The Labute approximate surface area is 121 Å². The smallest absolute Gasteiger partial charge is 0.280 e. The zero-order valence-electron chi connectivity index (χ0n) is 11.5. The van der Waals surface area contributed by atoms with Gasteiger partial charge in [-0.1, -0.05) is 19.3 Å². The summed E-state index contributed by atoms with van der Waals surface area (Å²) in [6, 6.07) is 2.97. The number of H-pyrrole nitrogens is 1. The van der Waals surface area contributed by atoms with E-state index in [-0.39, 0.29) is 17.4 Å². The van der Waals surface area contributed by atoms with E-state index in [9.17, 15) is 9.90 Å². The lowest BCUT2D eigenvalue weighted by atomic mass is 9.89. The van der Waals surface area contributed by atoms with Crippen molar-refractivity contribution in [2.24, 2.45) is 0 Å². The van der Waals surface area contributed by atoms with Crippen molar-refractivity contribution in [1.29, 1.82) is 0 Å². The Kier molecular flexibility index (Phi) is 3.81. The first-order chi connectivity index (χ1) is 10.2. The summed E-state index contributed by atoms with van der Waals surface area (Å²) in [5, 5.41) is 19.0. The first-order valence-corrected chi connectivity index (χ1v) is 7.11. The fraction of sp³-hybridized carbons (Fsp3) is 0.429. The van der Waals surface area contributed by atoms with Crippen LogP contribution in [-0.2, 0) is 0 Å². The van der Waals surface area contributed by atoms with Crippen molar-refractivity contribution in [2.75, 3.05) is 5.32 Å². The van der Waals surface area contributed by atoms with Crippen LogP contribution in [0.4, 0.5) is 5.95 Å². The van der Waals surface area contributed by atoms with Crippen LogP contribution in [-0.4, -0.2) is 31.2 Å². The quantitative estimate of drug-likeness (QED) is 0.803. The van der Waals surface area contributed by atoms with E-state index in [1.165, 1.54) is 31.5 Å². The van der Waals surface area contributed by atoms with E-state index in [1.54, 1.807) is 6.07 Å². The molecular weight excluding hydrogens is 270 g/mol. The van der Waals surface area contributed by atoms with Crippen LogP contribution < -0.4 is 5.32 Å². The molecule has 7 nitrogen and oxygen atoms in total. The molecule has 1 fully saturated rings. The van der Waals surface area contributed by atoms with Crippen LogP contribution in [0.1, 0.15) is 54.3 Å². The average Bonchev–Trinajstić information content (AvgIpc) is 2.97. The van der Waals surface area contributed by atoms with Crippen LogP contribution in [0, 0.1) is 0 Å². The highest BCUT2D eigenvalue weighted by molar-refractivity contribution is 6.03. The summed E-state index contributed by atoms with van der Waals surface area (Å²) in [4.78, 5) is 20.2.